The Kier molecular flexibility index (Phi) is 4.61. The van der Waals surface area contributed by atoms with Crippen LogP contribution in [0, 0.1) is 13.8 Å². The monoisotopic (exact) mass is 298 g/mol. The fraction of sp³-hybridized carbons (Fsp3) is 0.222. The van der Waals surface area contributed by atoms with E-state index in [1.807, 2.05) is 19.9 Å². The molecule has 1 atom stereocenters. The highest BCUT2D eigenvalue weighted by Crippen LogP contribution is 2.15. The second-order valence-corrected chi connectivity index (χ2v) is 5.26. The predicted octanol–water partition coefficient (Wildman–Crippen LogP) is 3.44. The van der Waals surface area contributed by atoms with Gasteiger partial charge in [0.05, 0.1) is 5.56 Å². The zero-order valence-electron chi connectivity index (χ0n) is 12.8. The summed E-state index contributed by atoms with van der Waals surface area (Å²) in [5, 5.41) is 9.20. The molecule has 0 aromatic heterocycles. The van der Waals surface area contributed by atoms with E-state index in [2.05, 4.69) is 0 Å². The predicted molar refractivity (Wildman–Crippen MR) is 83.2 cm³/mol. The quantitative estimate of drug-likeness (QED) is 0.693. The molecule has 0 unspecified atom stereocenters. The van der Waals surface area contributed by atoms with Crippen molar-refractivity contribution in [3.8, 4) is 5.75 Å². The van der Waals surface area contributed by atoms with Gasteiger partial charge in [-0.3, -0.25) is 4.79 Å². The van der Waals surface area contributed by atoms with Crippen LogP contribution >= 0.6 is 0 Å². The molecule has 0 radical (unpaired) electrons. The van der Waals surface area contributed by atoms with Crippen molar-refractivity contribution >= 4 is 11.8 Å². The van der Waals surface area contributed by atoms with Gasteiger partial charge in [-0.05, 0) is 62.2 Å². The Hall–Kier alpha value is -2.62. The van der Waals surface area contributed by atoms with Gasteiger partial charge in [-0.15, -0.1) is 0 Å². The maximum absolute atomic E-state index is 12.3. The van der Waals surface area contributed by atoms with Crippen LogP contribution in [0.3, 0.4) is 0 Å². The number of hydrogen-bond acceptors (Lipinski definition) is 4. The Morgan fingerprint density at radius 2 is 1.55 bits per heavy atom. The van der Waals surface area contributed by atoms with Crippen molar-refractivity contribution in [3.63, 3.8) is 0 Å². The third-order valence-corrected chi connectivity index (χ3v) is 3.55. The summed E-state index contributed by atoms with van der Waals surface area (Å²) >= 11 is 0. The van der Waals surface area contributed by atoms with Crippen molar-refractivity contribution in [1.29, 1.82) is 0 Å². The first kappa shape index (κ1) is 15.8. The molecule has 4 heteroatoms. The van der Waals surface area contributed by atoms with Crippen LogP contribution in [0.2, 0.25) is 0 Å². The van der Waals surface area contributed by atoms with E-state index in [-0.39, 0.29) is 17.1 Å². The second kappa shape index (κ2) is 6.43. The number of aryl methyl sites for hydroxylation is 2. The minimum atomic E-state index is -0.872. The molecule has 0 bridgehead atoms. The highest BCUT2D eigenvalue weighted by Gasteiger charge is 2.20. The van der Waals surface area contributed by atoms with Gasteiger partial charge in [0, 0.05) is 5.56 Å². The molecule has 2 rings (SSSR count). The summed E-state index contributed by atoms with van der Waals surface area (Å²) in [4.78, 5) is 24.3. The molecule has 1 N–H and O–H groups in total. The van der Waals surface area contributed by atoms with Gasteiger partial charge in [-0.25, -0.2) is 4.79 Å². The molecule has 0 spiro atoms. The van der Waals surface area contributed by atoms with Gasteiger partial charge in [0.15, 0.2) is 6.10 Å². The van der Waals surface area contributed by atoms with Crippen LogP contribution in [0.5, 0.6) is 5.75 Å². The second-order valence-electron chi connectivity index (χ2n) is 5.26. The molecule has 4 nitrogen and oxygen atoms in total. The lowest BCUT2D eigenvalue weighted by molar-refractivity contribution is 0.0319. The van der Waals surface area contributed by atoms with Gasteiger partial charge in [-0.2, -0.15) is 0 Å². The van der Waals surface area contributed by atoms with Gasteiger partial charge in [0.25, 0.3) is 0 Å². The van der Waals surface area contributed by atoms with Crippen LogP contribution in [0.1, 0.15) is 38.8 Å². The van der Waals surface area contributed by atoms with E-state index in [4.69, 9.17) is 4.74 Å². The van der Waals surface area contributed by atoms with Crippen LogP contribution in [0.15, 0.2) is 42.5 Å². The van der Waals surface area contributed by atoms with Crippen LogP contribution in [-0.2, 0) is 4.74 Å². The number of rotatable bonds is 4. The zero-order valence-corrected chi connectivity index (χ0v) is 12.8. The molecule has 2 aromatic carbocycles. The number of aromatic hydroxyl groups is 1. The lowest BCUT2D eigenvalue weighted by Crippen LogP contribution is -2.24. The van der Waals surface area contributed by atoms with Crippen molar-refractivity contribution in [1.82, 2.24) is 0 Å². The third-order valence-electron chi connectivity index (χ3n) is 3.55. The Morgan fingerprint density at radius 3 is 2.14 bits per heavy atom. The number of phenols is 1. The van der Waals surface area contributed by atoms with E-state index in [0.717, 1.165) is 11.1 Å². The number of hydrogen-bond donors (Lipinski definition) is 1. The molecule has 0 amide bonds. The van der Waals surface area contributed by atoms with Crippen molar-refractivity contribution in [2.75, 3.05) is 0 Å². The molecular weight excluding hydrogens is 280 g/mol. The van der Waals surface area contributed by atoms with E-state index in [0.29, 0.717) is 5.56 Å². The number of benzene rings is 2. The van der Waals surface area contributed by atoms with Crippen LogP contribution in [0.4, 0.5) is 0 Å². The molecule has 114 valence electrons. The minimum Gasteiger partial charge on any atom is -0.508 e. The van der Waals surface area contributed by atoms with E-state index in [1.54, 1.807) is 19.1 Å². The van der Waals surface area contributed by atoms with Crippen LogP contribution in [-0.4, -0.2) is 23.0 Å². The molecule has 0 saturated carbocycles. The van der Waals surface area contributed by atoms with Gasteiger partial charge in [0.1, 0.15) is 5.75 Å². The SMILES string of the molecule is Cc1ccc(C(=O)[C@@H](C)OC(=O)c2ccc(O)cc2)cc1C. The molecule has 0 saturated heterocycles. The number of carbonyl (C=O) groups excluding carboxylic acids is 2. The first-order chi connectivity index (χ1) is 10.4. The van der Waals surface area contributed by atoms with E-state index in [9.17, 15) is 14.7 Å². The molecule has 2 aromatic rings. The number of phenolic OH excluding ortho intramolecular Hbond substituents is 1. The average molecular weight is 298 g/mol. The third kappa shape index (κ3) is 3.52. The maximum Gasteiger partial charge on any atom is 0.338 e. The average Bonchev–Trinajstić information content (AvgIpc) is 2.49. The molecule has 0 aliphatic heterocycles. The van der Waals surface area contributed by atoms with E-state index < -0.39 is 12.1 Å². The first-order valence-electron chi connectivity index (χ1n) is 7.00. The fourth-order valence-corrected chi connectivity index (χ4v) is 2.01. The van der Waals surface area contributed by atoms with Gasteiger partial charge in [0.2, 0.25) is 5.78 Å². The maximum atomic E-state index is 12.3. The number of ether oxygens (including phenoxy) is 1. The highest BCUT2D eigenvalue weighted by molar-refractivity contribution is 6.01. The smallest absolute Gasteiger partial charge is 0.338 e. The number of esters is 1. The minimum absolute atomic E-state index is 0.0656. The number of Topliss-reactive ketones (excluding diaryl/α,β-unsaturated/α-hetero) is 1. The highest BCUT2D eigenvalue weighted by atomic mass is 16.5. The zero-order chi connectivity index (χ0) is 16.3. The van der Waals surface area contributed by atoms with Crippen molar-refractivity contribution < 1.29 is 19.4 Å². The van der Waals surface area contributed by atoms with Crippen molar-refractivity contribution in [2.24, 2.45) is 0 Å². The normalized spacial score (nSPS) is 11.8. The molecular formula is C18H18O4. The van der Waals surface area contributed by atoms with E-state index >= 15 is 0 Å². The van der Waals surface area contributed by atoms with Gasteiger partial charge < -0.3 is 9.84 Å². The Morgan fingerprint density at radius 1 is 0.955 bits per heavy atom. The Bertz CT molecular complexity index is 702. The summed E-state index contributed by atoms with van der Waals surface area (Å²) in [5.41, 5.74) is 2.93. The lowest BCUT2D eigenvalue weighted by atomic mass is 10.0. The summed E-state index contributed by atoms with van der Waals surface area (Å²) in [6, 6.07) is 11.1. The summed E-state index contributed by atoms with van der Waals surface area (Å²) < 4.78 is 5.19. The number of ketones is 1. The summed E-state index contributed by atoms with van der Waals surface area (Å²) in [7, 11) is 0. The molecule has 0 fully saturated rings. The Balaban J connectivity index is 2.09. The summed E-state index contributed by atoms with van der Waals surface area (Å²) in [6.45, 7) is 5.45. The summed E-state index contributed by atoms with van der Waals surface area (Å²) in [5.74, 6) is -0.768. The molecule has 22 heavy (non-hydrogen) atoms. The lowest BCUT2D eigenvalue weighted by Gasteiger charge is -2.13. The topological polar surface area (TPSA) is 63.6 Å². The Labute approximate surface area is 129 Å². The number of carbonyl (C=O) groups is 2. The van der Waals surface area contributed by atoms with Crippen LogP contribution in [0.25, 0.3) is 0 Å². The van der Waals surface area contributed by atoms with Gasteiger partial charge >= 0.3 is 5.97 Å². The first-order valence-corrected chi connectivity index (χ1v) is 7.00. The van der Waals surface area contributed by atoms with E-state index in [1.165, 1.54) is 24.3 Å². The fourth-order valence-electron chi connectivity index (χ4n) is 2.01. The summed E-state index contributed by atoms with van der Waals surface area (Å²) in [6.07, 6.45) is -0.872. The molecule has 0 aliphatic rings. The molecule has 0 aliphatic carbocycles. The van der Waals surface area contributed by atoms with Gasteiger partial charge in [-0.1, -0.05) is 12.1 Å². The standard InChI is InChI=1S/C18H18O4/c1-11-4-5-15(10-12(11)2)17(20)13(3)22-18(21)14-6-8-16(19)9-7-14/h4-10,13,19H,1-3H3/t13-/m1/s1. The van der Waals surface area contributed by atoms with Crippen LogP contribution < -0.4 is 0 Å². The molecule has 0 heterocycles. The largest absolute Gasteiger partial charge is 0.508 e. The van der Waals surface area contributed by atoms with Crippen molar-refractivity contribution in [3.05, 3.63) is 64.7 Å². The van der Waals surface area contributed by atoms with Crippen molar-refractivity contribution in [2.45, 2.75) is 26.9 Å².